The van der Waals surface area contributed by atoms with E-state index in [1.807, 2.05) is 18.2 Å². The summed E-state index contributed by atoms with van der Waals surface area (Å²) in [6.07, 6.45) is 5.89. The Morgan fingerprint density at radius 3 is 2.89 bits per heavy atom. The first-order valence-electron chi connectivity index (χ1n) is 7.24. The predicted octanol–water partition coefficient (Wildman–Crippen LogP) is 4.85. The van der Waals surface area contributed by atoms with Crippen LogP contribution in [0.4, 0.5) is 0 Å². The van der Waals surface area contributed by atoms with Crippen molar-refractivity contribution in [2.75, 3.05) is 0 Å². The van der Waals surface area contributed by atoms with Gasteiger partial charge in [-0.25, -0.2) is 0 Å². The van der Waals surface area contributed by atoms with Gasteiger partial charge in [0.25, 0.3) is 0 Å². The summed E-state index contributed by atoms with van der Waals surface area (Å²) >= 11 is 3.47. The molecule has 1 aliphatic rings. The zero-order chi connectivity index (χ0) is 13.8. The normalized spacial score (nSPS) is 25.1. The fourth-order valence-electron chi connectivity index (χ4n) is 2.85. The minimum atomic E-state index is -0.492. The SMILES string of the molecule is CCC1CCCC(Oc2cc(Br)ccc2[C@@H](C)O)C1. The number of rotatable bonds is 4. The summed E-state index contributed by atoms with van der Waals surface area (Å²) in [5.41, 5.74) is 0.877. The van der Waals surface area contributed by atoms with Crippen molar-refractivity contribution >= 4 is 15.9 Å². The lowest BCUT2D eigenvalue weighted by molar-refractivity contribution is 0.115. The van der Waals surface area contributed by atoms with E-state index >= 15 is 0 Å². The molecular weight excluding hydrogens is 304 g/mol. The van der Waals surface area contributed by atoms with Crippen molar-refractivity contribution < 1.29 is 9.84 Å². The van der Waals surface area contributed by atoms with Crippen LogP contribution in [-0.4, -0.2) is 11.2 Å². The standard InChI is InChI=1S/C16H23BrO2/c1-3-12-5-4-6-14(9-12)19-16-10-13(17)7-8-15(16)11(2)18/h7-8,10-12,14,18H,3-6,9H2,1-2H3/t11-,12?,14?/m1/s1. The van der Waals surface area contributed by atoms with Gasteiger partial charge in [0, 0.05) is 10.0 Å². The van der Waals surface area contributed by atoms with Crippen LogP contribution in [-0.2, 0) is 0 Å². The van der Waals surface area contributed by atoms with Crippen LogP contribution in [0.2, 0.25) is 0 Å². The fraction of sp³-hybridized carbons (Fsp3) is 0.625. The molecule has 19 heavy (non-hydrogen) atoms. The van der Waals surface area contributed by atoms with E-state index in [0.717, 1.165) is 34.5 Å². The van der Waals surface area contributed by atoms with Gasteiger partial charge in [0.1, 0.15) is 5.75 Å². The van der Waals surface area contributed by atoms with Crippen LogP contribution in [0.25, 0.3) is 0 Å². The van der Waals surface area contributed by atoms with Gasteiger partial charge >= 0.3 is 0 Å². The molecule has 0 bridgehead atoms. The smallest absolute Gasteiger partial charge is 0.126 e. The quantitative estimate of drug-likeness (QED) is 0.856. The van der Waals surface area contributed by atoms with E-state index in [0.29, 0.717) is 6.10 Å². The van der Waals surface area contributed by atoms with E-state index in [4.69, 9.17) is 4.74 Å². The predicted molar refractivity (Wildman–Crippen MR) is 81.4 cm³/mol. The number of hydrogen-bond acceptors (Lipinski definition) is 2. The number of benzene rings is 1. The Hall–Kier alpha value is -0.540. The van der Waals surface area contributed by atoms with Crippen LogP contribution in [0, 0.1) is 5.92 Å². The molecule has 1 aliphatic carbocycles. The Balaban J connectivity index is 2.11. The Morgan fingerprint density at radius 1 is 1.42 bits per heavy atom. The first-order chi connectivity index (χ1) is 9.10. The summed E-state index contributed by atoms with van der Waals surface area (Å²) in [4.78, 5) is 0. The highest BCUT2D eigenvalue weighted by Gasteiger charge is 2.23. The molecule has 0 spiro atoms. The van der Waals surface area contributed by atoms with Crippen LogP contribution >= 0.6 is 15.9 Å². The third-order valence-corrected chi connectivity index (χ3v) is 4.52. The highest BCUT2D eigenvalue weighted by atomic mass is 79.9. The highest BCUT2D eigenvalue weighted by Crippen LogP contribution is 2.34. The summed E-state index contributed by atoms with van der Waals surface area (Å²) < 4.78 is 7.17. The third kappa shape index (κ3) is 3.96. The lowest BCUT2D eigenvalue weighted by Crippen LogP contribution is -2.25. The van der Waals surface area contributed by atoms with E-state index in [1.54, 1.807) is 6.92 Å². The second-order valence-electron chi connectivity index (χ2n) is 5.54. The molecule has 1 aromatic carbocycles. The topological polar surface area (TPSA) is 29.5 Å². The number of halogens is 1. The monoisotopic (exact) mass is 326 g/mol. The Labute approximate surface area is 124 Å². The lowest BCUT2D eigenvalue weighted by atomic mass is 9.85. The van der Waals surface area contributed by atoms with Crippen molar-refractivity contribution in [1.82, 2.24) is 0 Å². The van der Waals surface area contributed by atoms with E-state index in [-0.39, 0.29) is 0 Å². The van der Waals surface area contributed by atoms with Gasteiger partial charge in [-0.15, -0.1) is 0 Å². The van der Waals surface area contributed by atoms with Crippen molar-refractivity contribution in [3.8, 4) is 5.75 Å². The van der Waals surface area contributed by atoms with Crippen molar-refractivity contribution in [2.24, 2.45) is 5.92 Å². The minimum absolute atomic E-state index is 0.297. The van der Waals surface area contributed by atoms with E-state index in [2.05, 4.69) is 22.9 Å². The van der Waals surface area contributed by atoms with Gasteiger partial charge in [-0.1, -0.05) is 41.8 Å². The zero-order valence-electron chi connectivity index (χ0n) is 11.7. The summed E-state index contributed by atoms with van der Waals surface area (Å²) in [7, 11) is 0. The van der Waals surface area contributed by atoms with Crippen molar-refractivity contribution in [3.63, 3.8) is 0 Å². The summed E-state index contributed by atoms with van der Waals surface area (Å²) in [6, 6.07) is 5.85. The maximum atomic E-state index is 9.83. The molecule has 2 unspecified atom stereocenters. The molecule has 2 nitrogen and oxygen atoms in total. The number of aliphatic hydroxyl groups is 1. The Morgan fingerprint density at radius 2 is 2.21 bits per heavy atom. The zero-order valence-corrected chi connectivity index (χ0v) is 13.3. The molecular formula is C16H23BrO2. The summed E-state index contributed by atoms with van der Waals surface area (Å²) in [6.45, 7) is 4.04. The Bertz CT molecular complexity index is 417. The fourth-order valence-corrected chi connectivity index (χ4v) is 3.19. The molecule has 1 aromatic rings. The van der Waals surface area contributed by atoms with Gasteiger partial charge < -0.3 is 9.84 Å². The van der Waals surface area contributed by atoms with E-state index in [9.17, 15) is 5.11 Å². The van der Waals surface area contributed by atoms with Gasteiger partial charge in [0.15, 0.2) is 0 Å². The summed E-state index contributed by atoms with van der Waals surface area (Å²) in [5.74, 6) is 1.62. The minimum Gasteiger partial charge on any atom is -0.490 e. The number of ether oxygens (including phenoxy) is 1. The van der Waals surface area contributed by atoms with Gasteiger partial charge in [0.2, 0.25) is 0 Å². The van der Waals surface area contributed by atoms with Crippen LogP contribution in [0.1, 0.15) is 57.6 Å². The molecule has 0 aliphatic heterocycles. The molecule has 106 valence electrons. The second kappa shape index (κ2) is 6.76. The molecule has 1 saturated carbocycles. The van der Waals surface area contributed by atoms with E-state index in [1.165, 1.54) is 19.3 Å². The molecule has 3 atom stereocenters. The first kappa shape index (κ1) is 14.9. The Kier molecular flexibility index (Phi) is 5.28. The second-order valence-corrected chi connectivity index (χ2v) is 6.45. The van der Waals surface area contributed by atoms with Crippen molar-refractivity contribution in [1.29, 1.82) is 0 Å². The van der Waals surface area contributed by atoms with E-state index < -0.39 is 6.10 Å². The lowest BCUT2D eigenvalue weighted by Gasteiger charge is -2.30. The van der Waals surface area contributed by atoms with Crippen LogP contribution in [0.15, 0.2) is 22.7 Å². The molecule has 0 heterocycles. The van der Waals surface area contributed by atoms with Gasteiger partial charge in [0.05, 0.1) is 12.2 Å². The average molecular weight is 327 g/mol. The van der Waals surface area contributed by atoms with Gasteiger partial charge in [-0.3, -0.25) is 0 Å². The highest BCUT2D eigenvalue weighted by molar-refractivity contribution is 9.10. The third-order valence-electron chi connectivity index (χ3n) is 4.03. The summed E-state index contributed by atoms with van der Waals surface area (Å²) in [5, 5.41) is 9.83. The van der Waals surface area contributed by atoms with Crippen molar-refractivity contribution in [3.05, 3.63) is 28.2 Å². The maximum absolute atomic E-state index is 9.83. The molecule has 0 saturated heterocycles. The van der Waals surface area contributed by atoms with Crippen LogP contribution in [0.5, 0.6) is 5.75 Å². The number of aliphatic hydroxyl groups excluding tert-OH is 1. The average Bonchev–Trinajstić information content (AvgIpc) is 2.38. The molecule has 0 aromatic heterocycles. The first-order valence-corrected chi connectivity index (χ1v) is 8.03. The van der Waals surface area contributed by atoms with Crippen LogP contribution < -0.4 is 4.74 Å². The maximum Gasteiger partial charge on any atom is 0.126 e. The van der Waals surface area contributed by atoms with Gasteiger partial charge in [-0.05, 0) is 44.2 Å². The number of hydrogen-bond donors (Lipinski definition) is 1. The van der Waals surface area contributed by atoms with Crippen LogP contribution in [0.3, 0.4) is 0 Å². The largest absolute Gasteiger partial charge is 0.490 e. The molecule has 3 heteroatoms. The van der Waals surface area contributed by atoms with Crippen molar-refractivity contribution in [2.45, 2.75) is 58.2 Å². The molecule has 2 rings (SSSR count). The van der Waals surface area contributed by atoms with Gasteiger partial charge in [-0.2, -0.15) is 0 Å². The molecule has 1 N–H and O–H groups in total. The molecule has 0 radical (unpaired) electrons. The molecule has 1 fully saturated rings. The molecule has 0 amide bonds.